The van der Waals surface area contributed by atoms with Crippen molar-refractivity contribution in [2.75, 3.05) is 14.2 Å². The predicted octanol–water partition coefficient (Wildman–Crippen LogP) is 11.3. The highest BCUT2D eigenvalue weighted by Crippen LogP contribution is 2.44. The van der Waals surface area contributed by atoms with Gasteiger partial charge in [-0.2, -0.15) is 0 Å². The van der Waals surface area contributed by atoms with Gasteiger partial charge in [-0.25, -0.2) is 9.97 Å². The van der Waals surface area contributed by atoms with Crippen LogP contribution >= 0.6 is 22.7 Å². The van der Waals surface area contributed by atoms with Gasteiger partial charge in [0.05, 0.1) is 45.8 Å². The number of ether oxygens (including phenoxy) is 2. The summed E-state index contributed by atoms with van der Waals surface area (Å²) >= 11 is 3.35. The normalized spacial score (nSPS) is 11.1. The van der Waals surface area contributed by atoms with E-state index in [0.29, 0.717) is 0 Å². The van der Waals surface area contributed by atoms with Crippen molar-refractivity contribution in [3.8, 4) is 32.6 Å². The molecule has 0 N–H and O–H groups in total. The van der Waals surface area contributed by atoms with E-state index in [2.05, 4.69) is 133 Å². The molecule has 2 aromatic heterocycles. The van der Waals surface area contributed by atoms with E-state index < -0.39 is 0 Å². The topological polar surface area (TPSA) is 44.2 Å². The summed E-state index contributed by atoms with van der Waals surface area (Å²) in [6, 6.07) is 50.6. The molecule has 0 saturated carbocycles. The Kier molecular flexibility index (Phi) is 8.02. The Morgan fingerprint density at radius 3 is 1.25 bits per heavy atom. The van der Waals surface area contributed by atoms with Crippen LogP contribution in [0.2, 0.25) is 0 Å². The molecule has 4 nitrogen and oxygen atoms in total. The minimum Gasteiger partial charge on any atom is -0.496 e. The third-order valence-electron chi connectivity index (χ3n) is 8.40. The lowest BCUT2D eigenvalue weighted by Gasteiger charge is -2.20. The number of rotatable bonds is 8. The standard InChI is InChI=1S/C42H30N2O2S2/c1-45-35-23-21-29(25-31(35)41-43-33-17-9-11-19-37(33)47-41)40(39(27-13-5-3-6-14-27)28-15-7-4-8-16-28)30-22-24-36(46-2)32(26-30)42-44-34-18-10-12-20-38(34)48-42/h3-26H,1-2H3. The number of methoxy groups -OCH3 is 2. The van der Waals surface area contributed by atoms with Gasteiger partial charge in [-0.05, 0) is 81.9 Å². The molecule has 0 aliphatic heterocycles. The van der Waals surface area contributed by atoms with Crippen LogP contribution in [0.15, 0.2) is 146 Å². The summed E-state index contributed by atoms with van der Waals surface area (Å²) in [4.78, 5) is 10.0. The second kappa shape index (κ2) is 12.9. The van der Waals surface area contributed by atoms with E-state index in [-0.39, 0.29) is 0 Å². The summed E-state index contributed by atoms with van der Waals surface area (Å²) < 4.78 is 14.1. The van der Waals surface area contributed by atoms with Gasteiger partial charge < -0.3 is 9.47 Å². The second-order valence-electron chi connectivity index (χ2n) is 11.3. The second-order valence-corrected chi connectivity index (χ2v) is 13.3. The first-order valence-electron chi connectivity index (χ1n) is 15.6. The molecule has 0 unspecified atom stereocenters. The summed E-state index contributed by atoms with van der Waals surface area (Å²) in [5.74, 6) is 1.56. The molecule has 0 atom stereocenters. The van der Waals surface area contributed by atoms with Crippen LogP contribution in [0.3, 0.4) is 0 Å². The molecule has 232 valence electrons. The van der Waals surface area contributed by atoms with Gasteiger partial charge in [-0.3, -0.25) is 0 Å². The zero-order valence-electron chi connectivity index (χ0n) is 26.4. The number of fused-ring (bicyclic) bond motifs is 2. The van der Waals surface area contributed by atoms with Gasteiger partial charge in [0.2, 0.25) is 0 Å². The third-order valence-corrected chi connectivity index (χ3v) is 10.5. The molecule has 2 heterocycles. The van der Waals surface area contributed by atoms with Crippen molar-refractivity contribution in [3.05, 3.63) is 168 Å². The van der Waals surface area contributed by atoms with E-state index >= 15 is 0 Å². The minimum absolute atomic E-state index is 0.781. The maximum atomic E-state index is 5.93. The monoisotopic (exact) mass is 658 g/mol. The molecule has 8 rings (SSSR count). The van der Waals surface area contributed by atoms with Gasteiger partial charge in [-0.1, -0.05) is 97.1 Å². The Morgan fingerprint density at radius 2 is 0.833 bits per heavy atom. The van der Waals surface area contributed by atoms with Crippen molar-refractivity contribution in [2.24, 2.45) is 0 Å². The van der Waals surface area contributed by atoms with E-state index in [9.17, 15) is 0 Å². The Morgan fingerprint density at radius 1 is 0.438 bits per heavy atom. The lowest BCUT2D eigenvalue weighted by atomic mass is 9.84. The predicted molar refractivity (Wildman–Crippen MR) is 201 cm³/mol. The summed E-state index contributed by atoms with van der Waals surface area (Å²) in [6.45, 7) is 0. The van der Waals surface area contributed by atoms with Crippen molar-refractivity contribution in [2.45, 2.75) is 0 Å². The Hall–Kier alpha value is -5.56. The highest BCUT2D eigenvalue weighted by Gasteiger charge is 2.22. The third kappa shape index (κ3) is 5.55. The van der Waals surface area contributed by atoms with Crippen LogP contribution in [0.5, 0.6) is 11.5 Å². The number of benzene rings is 6. The molecule has 0 bridgehead atoms. The van der Waals surface area contributed by atoms with Crippen LogP contribution in [0.4, 0.5) is 0 Å². The largest absolute Gasteiger partial charge is 0.496 e. The van der Waals surface area contributed by atoms with Gasteiger partial charge in [0.1, 0.15) is 21.5 Å². The number of para-hydroxylation sites is 2. The molecule has 0 fully saturated rings. The number of aromatic nitrogens is 2. The maximum Gasteiger partial charge on any atom is 0.129 e. The van der Waals surface area contributed by atoms with E-state index in [0.717, 1.165) is 86.5 Å². The van der Waals surface area contributed by atoms with Crippen molar-refractivity contribution in [1.82, 2.24) is 9.97 Å². The van der Waals surface area contributed by atoms with Crippen LogP contribution in [0.25, 0.3) is 52.7 Å². The fraction of sp³-hybridized carbons (Fsp3) is 0.0476. The number of hydrogen-bond donors (Lipinski definition) is 0. The Bertz CT molecular complexity index is 2190. The summed E-state index contributed by atoms with van der Waals surface area (Å²) in [5.41, 5.74) is 10.4. The van der Waals surface area contributed by atoms with E-state index in [4.69, 9.17) is 19.4 Å². The molecular formula is C42H30N2O2S2. The molecule has 0 spiro atoms. The smallest absolute Gasteiger partial charge is 0.129 e. The van der Waals surface area contributed by atoms with Crippen LogP contribution in [0, 0.1) is 0 Å². The molecule has 8 aromatic rings. The molecule has 0 saturated heterocycles. The number of thiazole rings is 2. The van der Waals surface area contributed by atoms with E-state index in [1.54, 1.807) is 36.9 Å². The Labute approximate surface area is 287 Å². The fourth-order valence-electron chi connectivity index (χ4n) is 6.16. The van der Waals surface area contributed by atoms with E-state index in [1.165, 1.54) is 0 Å². The SMILES string of the molecule is COc1ccc(C(=C(c2ccccc2)c2ccccc2)c2ccc(OC)c(-c3nc4ccccc4s3)c2)cc1-c1nc2ccccc2s1. The average Bonchev–Trinajstić information content (AvgIpc) is 3.79. The summed E-state index contributed by atoms with van der Waals surface area (Å²) in [6.07, 6.45) is 0. The highest BCUT2D eigenvalue weighted by molar-refractivity contribution is 7.22. The summed E-state index contributed by atoms with van der Waals surface area (Å²) in [7, 11) is 3.44. The van der Waals surface area contributed by atoms with Crippen LogP contribution in [-0.2, 0) is 0 Å². The van der Waals surface area contributed by atoms with Crippen LogP contribution in [-0.4, -0.2) is 24.2 Å². The number of hydrogen-bond acceptors (Lipinski definition) is 6. The van der Waals surface area contributed by atoms with E-state index in [1.807, 2.05) is 12.1 Å². The van der Waals surface area contributed by atoms with Crippen molar-refractivity contribution in [1.29, 1.82) is 0 Å². The van der Waals surface area contributed by atoms with Gasteiger partial charge in [-0.15, -0.1) is 22.7 Å². The fourth-order valence-corrected chi connectivity index (χ4v) is 8.13. The van der Waals surface area contributed by atoms with Crippen LogP contribution in [0.1, 0.15) is 22.3 Å². The van der Waals surface area contributed by atoms with Gasteiger partial charge in [0.15, 0.2) is 0 Å². The summed E-state index contributed by atoms with van der Waals surface area (Å²) in [5, 5.41) is 1.83. The molecule has 0 aliphatic carbocycles. The van der Waals surface area contributed by atoms with Crippen LogP contribution < -0.4 is 9.47 Å². The molecular weight excluding hydrogens is 629 g/mol. The molecule has 0 aliphatic rings. The Balaban J connectivity index is 1.43. The highest BCUT2D eigenvalue weighted by atomic mass is 32.1. The maximum absolute atomic E-state index is 5.93. The van der Waals surface area contributed by atoms with Crippen molar-refractivity contribution in [3.63, 3.8) is 0 Å². The van der Waals surface area contributed by atoms with Gasteiger partial charge in [0, 0.05) is 0 Å². The van der Waals surface area contributed by atoms with Crippen molar-refractivity contribution < 1.29 is 9.47 Å². The van der Waals surface area contributed by atoms with Gasteiger partial charge in [0.25, 0.3) is 0 Å². The molecule has 48 heavy (non-hydrogen) atoms. The average molecular weight is 659 g/mol. The minimum atomic E-state index is 0.781. The molecule has 0 amide bonds. The molecule has 0 radical (unpaired) electrons. The van der Waals surface area contributed by atoms with Crippen molar-refractivity contribution >= 4 is 54.3 Å². The first-order valence-corrected chi connectivity index (χ1v) is 17.3. The zero-order valence-corrected chi connectivity index (χ0v) is 28.0. The first-order chi connectivity index (χ1) is 23.7. The molecule has 6 aromatic carbocycles. The first kappa shape index (κ1) is 29.8. The number of nitrogens with zero attached hydrogens (tertiary/aromatic N) is 2. The zero-order chi connectivity index (χ0) is 32.5. The molecule has 6 heteroatoms. The lowest BCUT2D eigenvalue weighted by Crippen LogP contribution is -2.00. The quantitative estimate of drug-likeness (QED) is 0.152. The van der Waals surface area contributed by atoms with Gasteiger partial charge >= 0.3 is 0 Å². The lowest BCUT2D eigenvalue weighted by molar-refractivity contribution is 0.416.